The van der Waals surface area contributed by atoms with E-state index in [4.69, 9.17) is 0 Å². The Bertz CT molecular complexity index is 290. The first-order chi connectivity index (χ1) is 6.92. The zero-order valence-electron chi connectivity index (χ0n) is 8.79. The van der Waals surface area contributed by atoms with Gasteiger partial charge in [-0.05, 0) is 43.0 Å². The minimum atomic E-state index is 0.571. The summed E-state index contributed by atoms with van der Waals surface area (Å²) < 4.78 is 0. The van der Waals surface area contributed by atoms with Crippen LogP contribution >= 0.6 is 0 Å². The fourth-order valence-corrected chi connectivity index (χ4v) is 2.19. The van der Waals surface area contributed by atoms with E-state index in [-0.39, 0.29) is 0 Å². The van der Waals surface area contributed by atoms with E-state index in [9.17, 15) is 0 Å². The molecule has 2 nitrogen and oxygen atoms in total. The maximum Gasteiger partial charge on any atom is 0.0324 e. The van der Waals surface area contributed by atoms with Crippen molar-refractivity contribution >= 4 is 0 Å². The average Bonchev–Trinajstić information content (AvgIpc) is 2.30. The third-order valence-corrected chi connectivity index (χ3v) is 3.01. The second kappa shape index (κ2) is 4.56. The molecular weight excluding hydrogens is 172 g/mol. The molecule has 2 heterocycles. The van der Waals surface area contributed by atoms with Gasteiger partial charge < -0.3 is 5.32 Å². The van der Waals surface area contributed by atoms with Crippen molar-refractivity contribution in [1.82, 2.24) is 10.3 Å². The van der Waals surface area contributed by atoms with Gasteiger partial charge in [0.25, 0.3) is 0 Å². The maximum absolute atomic E-state index is 4.18. The Morgan fingerprint density at radius 1 is 1.50 bits per heavy atom. The summed E-state index contributed by atoms with van der Waals surface area (Å²) in [6.45, 7) is 3.36. The van der Waals surface area contributed by atoms with Gasteiger partial charge in [0.2, 0.25) is 0 Å². The molecule has 76 valence electrons. The van der Waals surface area contributed by atoms with Gasteiger partial charge in [-0.2, -0.15) is 0 Å². The SMILES string of the molecule is CCc1cnccc1C1CCCCN1. The molecule has 2 heteroatoms. The molecule has 1 aliphatic rings. The Labute approximate surface area is 85.7 Å². The van der Waals surface area contributed by atoms with Gasteiger partial charge in [0, 0.05) is 18.4 Å². The molecule has 1 aromatic rings. The van der Waals surface area contributed by atoms with Crippen LogP contribution in [0.5, 0.6) is 0 Å². The van der Waals surface area contributed by atoms with Crippen LogP contribution in [0.1, 0.15) is 43.4 Å². The van der Waals surface area contributed by atoms with Crippen molar-refractivity contribution in [2.24, 2.45) is 0 Å². The van der Waals surface area contributed by atoms with E-state index in [1.54, 1.807) is 0 Å². The summed E-state index contributed by atoms with van der Waals surface area (Å²) in [4.78, 5) is 4.18. The van der Waals surface area contributed by atoms with Gasteiger partial charge in [0.05, 0.1) is 0 Å². The van der Waals surface area contributed by atoms with Crippen LogP contribution in [-0.4, -0.2) is 11.5 Å². The van der Waals surface area contributed by atoms with E-state index in [1.165, 1.54) is 30.4 Å². The van der Waals surface area contributed by atoms with Crippen LogP contribution in [0.3, 0.4) is 0 Å². The maximum atomic E-state index is 4.18. The monoisotopic (exact) mass is 190 g/mol. The summed E-state index contributed by atoms with van der Waals surface area (Å²) in [6.07, 6.45) is 8.95. The van der Waals surface area contributed by atoms with Crippen LogP contribution in [0.15, 0.2) is 18.5 Å². The van der Waals surface area contributed by atoms with Crippen LogP contribution in [0.4, 0.5) is 0 Å². The fraction of sp³-hybridized carbons (Fsp3) is 0.583. The van der Waals surface area contributed by atoms with E-state index in [2.05, 4.69) is 23.3 Å². The molecule has 0 spiro atoms. The first-order valence-corrected chi connectivity index (χ1v) is 5.58. The van der Waals surface area contributed by atoms with Gasteiger partial charge in [-0.25, -0.2) is 0 Å². The Morgan fingerprint density at radius 2 is 2.43 bits per heavy atom. The van der Waals surface area contributed by atoms with Crippen LogP contribution in [0, 0.1) is 0 Å². The summed E-state index contributed by atoms with van der Waals surface area (Å²) in [5.74, 6) is 0. The third kappa shape index (κ3) is 1.95. The second-order valence-electron chi connectivity index (χ2n) is 3.93. The van der Waals surface area contributed by atoms with Crippen molar-refractivity contribution < 1.29 is 0 Å². The number of hydrogen-bond donors (Lipinski definition) is 1. The van der Waals surface area contributed by atoms with E-state index < -0.39 is 0 Å². The lowest BCUT2D eigenvalue weighted by molar-refractivity contribution is 0.410. The van der Waals surface area contributed by atoms with Crippen molar-refractivity contribution in [3.63, 3.8) is 0 Å². The van der Waals surface area contributed by atoms with Crippen LogP contribution in [0.25, 0.3) is 0 Å². The van der Waals surface area contributed by atoms with Crippen LogP contribution < -0.4 is 5.32 Å². The molecule has 0 saturated carbocycles. The molecule has 1 N–H and O–H groups in total. The molecule has 0 bridgehead atoms. The number of piperidine rings is 1. The molecule has 1 atom stereocenters. The van der Waals surface area contributed by atoms with Crippen molar-refractivity contribution in [2.75, 3.05) is 6.54 Å². The Kier molecular flexibility index (Phi) is 3.14. The Hall–Kier alpha value is -0.890. The minimum Gasteiger partial charge on any atom is -0.310 e. The molecule has 1 saturated heterocycles. The molecule has 1 aliphatic heterocycles. The van der Waals surface area contributed by atoms with Gasteiger partial charge >= 0.3 is 0 Å². The summed E-state index contributed by atoms with van der Waals surface area (Å²) in [7, 11) is 0. The summed E-state index contributed by atoms with van der Waals surface area (Å²) in [5, 5.41) is 3.58. The predicted octanol–water partition coefficient (Wildman–Crippen LogP) is 2.46. The number of hydrogen-bond acceptors (Lipinski definition) is 2. The molecular formula is C12H18N2. The topological polar surface area (TPSA) is 24.9 Å². The summed E-state index contributed by atoms with van der Waals surface area (Å²) in [6, 6.07) is 2.74. The number of aryl methyl sites for hydroxylation is 1. The molecule has 14 heavy (non-hydrogen) atoms. The van der Waals surface area contributed by atoms with Crippen molar-refractivity contribution in [2.45, 2.75) is 38.6 Å². The average molecular weight is 190 g/mol. The highest BCUT2D eigenvalue weighted by molar-refractivity contribution is 5.27. The number of nitrogens with zero attached hydrogens (tertiary/aromatic N) is 1. The standard InChI is InChI=1S/C12H18N2/c1-2-10-9-13-8-6-11(10)12-5-3-4-7-14-12/h6,8-9,12,14H,2-5,7H2,1H3. The first-order valence-electron chi connectivity index (χ1n) is 5.58. The van der Waals surface area contributed by atoms with Crippen molar-refractivity contribution in [1.29, 1.82) is 0 Å². The highest BCUT2D eigenvalue weighted by Crippen LogP contribution is 2.25. The fourth-order valence-electron chi connectivity index (χ4n) is 2.19. The summed E-state index contributed by atoms with van der Waals surface area (Å²) in [5.41, 5.74) is 2.86. The number of aromatic nitrogens is 1. The van der Waals surface area contributed by atoms with Gasteiger partial charge in [-0.3, -0.25) is 4.98 Å². The van der Waals surface area contributed by atoms with Gasteiger partial charge in [-0.15, -0.1) is 0 Å². The van der Waals surface area contributed by atoms with Gasteiger partial charge in [0.15, 0.2) is 0 Å². The quantitative estimate of drug-likeness (QED) is 0.775. The molecule has 0 amide bonds. The van der Waals surface area contributed by atoms with E-state index in [1.807, 2.05) is 12.4 Å². The molecule has 1 unspecified atom stereocenters. The molecule has 0 aliphatic carbocycles. The molecule has 0 radical (unpaired) electrons. The van der Waals surface area contributed by atoms with E-state index in [0.29, 0.717) is 6.04 Å². The Morgan fingerprint density at radius 3 is 3.14 bits per heavy atom. The highest BCUT2D eigenvalue weighted by Gasteiger charge is 2.16. The van der Waals surface area contributed by atoms with E-state index >= 15 is 0 Å². The highest BCUT2D eigenvalue weighted by atomic mass is 14.9. The van der Waals surface area contributed by atoms with Crippen LogP contribution in [0.2, 0.25) is 0 Å². The lowest BCUT2D eigenvalue weighted by Gasteiger charge is -2.25. The molecule has 0 aromatic carbocycles. The second-order valence-corrected chi connectivity index (χ2v) is 3.93. The first kappa shape index (κ1) is 9.66. The zero-order valence-corrected chi connectivity index (χ0v) is 8.79. The number of rotatable bonds is 2. The largest absolute Gasteiger partial charge is 0.310 e. The molecule has 2 rings (SSSR count). The smallest absolute Gasteiger partial charge is 0.0324 e. The summed E-state index contributed by atoms with van der Waals surface area (Å²) >= 11 is 0. The Balaban J connectivity index is 2.20. The van der Waals surface area contributed by atoms with Gasteiger partial charge in [0.1, 0.15) is 0 Å². The lowest BCUT2D eigenvalue weighted by atomic mass is 9.94. The lowest BCUT2D eigenvalue weighted by Crippen LogP contribution is -2.27. The molecule has 1 fully saturated rings. The minimum absolute atomic E-state index is 0.571. The number of pyridine rings is 1. The van der Waals surface area contributed by atoms with Crippen molar-refractivity contribution in [3.8, 4) is 0 Å². The third-order valence-electron chi connectivity index (χ3n) is 3.01. The number of nitrogens with one attached hydrogen (secondary N) is 1. The van der Waals surface area contributed by atoms with Gasteiger partial charge in [-0.1, -0.05) is 13.3 Å². The molecule has 1 aromatic heterocycles. The predicted molar refractivity (Wildman–Crippen MR) is 58.2 cm³/mol. The zero-order chi connectivity index (χ0) is 9.80. The van der Waals surface area contributed by atoms with Crippen molar-refractivity contribution in [3.05, 3.63) is 29.6 Å². The van der Waals surface area contributed by atoms with Crippen LogP contribution in [-0.2, 0) is 6.42 Å². The van der Waals surface area contributed by atoms with E-state index in [0.717, 1.165) is 13.0 Å². The normalized spacial score (nSPS) is 22.2.